The Morgan fingerprint density at radius 1 is 1.38 bits per heavy atom. The van der Waals surface area contributed by atoms with E-state index in [-0.39, 0.29) is 0 Å². The monoisotopic (exact) mass is 223 g/mol. The lowest BCUT2D eigenvalue weighted by Gasteiger charge is -2.28. The molecule has 0 aliphatic carbocycles. The maximum atomic E-state index is 3.52. The van der Waals surface area contributed by atoms with Crippen molar-refractivity contribution in [3.05, 3.63) is 24.0 Å². The van der Waals surface area contributed by atoms with Crippen LogP contribution in [0.15, 0.2) is 18.5 Å². The van der Waals surface area contributed by atoms with E-state index in [2.05, 4.69) is 68.2 Å². The van der Waals surface area contributed by atoms with Crippen LogP contribution in [0.4, 0.5) is 0 Å². The van der Waals surface area contributed by atoms with Crippen molar-refractivity contribution >= 4 is 0 Å². The van der Waals surface area contributed by atoms with Gasteiger partial charge in [0.25, 0.3) is 0 Å². The highest BCUT2D eigenvalue weighted by atomic mass is 15.1. The van der Waals surface area contributed by atoms with Crippen LogP contribution in [0.3, 0.4) is 0 Å². The number of rotatable bonds is 6. The van der Waals surface area contributed by atoms with E-state index in [4.69, 9.17) is 0 Å². The zero-order valence-corrected chi connectivity index (χ0v) is 11.2. The molecule has 0 aliphatic heterocycles. The lowest BCUT2D eigenvalue weighted by Crippen LogP contribution is -2.37. The molecular formula is C13H25N3. The Morgan fingerprint density at radius 2 is 2.06 bits per heavy atom. The molecule has 1 rings (SSSR count). The summed E-state index contributed by atoms with van der Waals surface area (Å²) < 4.78 is 2.09. The van der Waals surface area contributed by atoms with Gasteiger partial charge < -0.3 is 14.8 Å². The van der Waals surface area contributed by atoms with Gasteiger partial charge in [-0.05, 0) is 31.1 Å². The van der Waals surface area contributed by atoms with E-state index in [9.17, 15) is 0 Å². The second kappa shape index (κ2) is 5.51. The first-order valence-corrected chi connectivity index (χ1v) is 5.85. The summed E-state index contributed by atoms with van der Waals surface area (Å²) in [5.41, 5.74) is 1.67. The number of aromatic nitrogens is 1. The normalized spacial score (nSPS) is 12.4. The molecule has 0 unspecified atom stereocenters. The minimum Gasteiger partial charge on any atom is -0.357 e. The highest BCUT2D eigenvalue weighted by molar-refractivity contribution is 5.09. The molecule has 0 radical (unpaired) electrons. The Hall–Kier alpha value is -0.800. The predicted octanol–water partition coefficient (Wildman–Crippen LogP) is 1.70. The summed E-state index contributed by atoms with van der Waals surface area (Å²) >= 11 is 0. The maximum Gasteiger partial charge on any atom is 0.0220 e. The lowest BCUT2D eigenvalue weighted by molar-refractivity contribution is 0.232. The molecule has 0 bridgehead atoms. The van der Waals surface area contributed by atoms with Gasteiger partial charge in [0.15, 0.2) is 0 Å². The number of nitrogens with zero attached hydrogens (tertiary/aromatic N) is 2. The van der Waals surface area contributed by atoms with Crippen molar-refractivity contribution in [1.29, 1.82) is 0 Å². The third-order valence-corrected chi connectivity index (χ3v) is 2.57. The Balaban J connectivity index is 2.29. The van der Waals surface area contributed by atoms with Crippen LogP contribution >= 0.6 is 0 Å². The molecule has 1 aromatic heterocycles. The van der Waals surface area contributed by atoms with Crippen LogP contribution in [0.1, 0.15) is 19.4 Å². The summed E-state index contributed by atoms with van der Waals surface area (Å²) in [5, 5.41) is 3.52. The van der Waals surface area contributed by atoms with E-state index in [1.54, 1.807) is 0 Å². The highest BCUT2D eigenvalue weighted by Gasteiger charge is 2.17. The number of nitrogens with one attached hydrogen (secondary N) is 1. The summed E-state index contributed by atoms with van der Waals surface area (Å²) in [6.07, 6.45) is 4.24. The van der Waals surface area contributed by atoms with Gasteiger partial charge >= 0.3 is 0 Å². The molecule has 0 amide bonds. The van der Waals surface area contributed by atoms with Gasteiger partial charge in [0.2, 0.25) is 0 Å². The van der Waals surface area contributed by atoms with Crippen LogP contribution in [-0.4, -0.2) is 36.7 Å². The topological polar surface area (TPSA) is 20.2 Å². The summed E-state index contributed by atoms with van der Waals surface area (Å²) in [5.74, 6) is 0. The minimum atomic E-state index is 0.318. The molecule has 1 heterocycles. The molecule has 0 saturated heterocycles. The molecule has 1 aromatic rings. The summed E-state index contributed by atoms with van der Waals surface area (Å²) in [6.45, 7) is 7.70. The Morgan fingerprint density at radius 3 is 2.56 bits per heavy atom. The van der Waals surface area contributed by atoms with Crippen LogP contribution in [-0.2, 0) is 13.6 Å². The highest BCUT2D eigenvalue weighted by Crippen LogP contribution is 2.14. The Labute approximate surface area is 99.4 Å². The SMILES string of the molecule is CN(C)CC(C)(C)CNCc1ccn(C)c1. The molecule has 0 saturated carbocycles. The Bertz CT molecular complexity index is 313. The third-order valence-electron chi connectivity index (χ3n) is 2.57. The van der Waals surface area contributed by atoms with Gasteiger partial charge in [0.05, 0.1) is 0 Å². The standard InChI is InChI=1S/C13H25N3/c1-13(2,11-15(3)4)10-14-8-12-6-7-16(5)9-12/h6-7,9,14H,8,10-11H2,1-5H3. The summed E-state index contributed by atoms with van der Waals surface area (Å²) in [4.78, 5) is 2.24. The molecule has 0 spiro atoms. The van der Waals surface area contributed by atoms with Crippen LogP contribution in [0.2, 0.25) is 0 Å². The molecule has 3 nitrogen and oxygen atoms in total. The van der Waals surface area contributed by atoms with Crippen molar-refractivity contribution in [2.75, 3.05) is 27.2 Å². The van der Waals surface area contributed by atoms with E-state index < -0.39 is 0 Å². The van der Waals surface area contributed by atoms with E-state index in [0.717, 1.165) is 19.6 Å². The van der Waals surface area contributed by atoms with Crippen molar-refractivity contribution in [2.24, 2.45) is 12.5 Å². The average Bonchev–Trinajstić information content (AvgIpc) is 2.48. The fraction of sp³-hybridized carbons (Fsp3) is 0.692. The van der Waals surface area contributed by atoms with Gasteiger partial charge in [-0.15, -0.1) is 0 Å². The molecule has 92 valence electrons. The van der Waals surface area contributed by atoms with Crippen LogP contribution in [0.25, 0.3) is 0 Å². The quantitative estimate of drug-likeness (QED) is 0.792. The molecule has 0 atom stereocenters. The zero-order valence-electron chi connectivity index (χ0n) is 11.2. The second-order valence-corrected chi connectivity index (χ2v) is 5.69. The van der Waals surface area contributed by atoms with E-state index >= 15 is 0 Å². The molecular weight excluding hydrogens is 198 g/mol. The molecule has 0 fully saturated rings. The third kappa shape index (κ3) is 4.81. The number of hydrogen-bond donors (Lipinski definition) is 1. The summed E-state index contributed by atoms with van der Waals surface area (Å²) in [6, 6.07) is 2.16. The first-order chi connectivity index (χ1) is 7.39. The van der Waals surface area contributed by atoms with Gasteiger partial charge in [-0.2, -0.15) is 0 Å². The van der Waals surface area contributed by atoms with Gasteiger partial charge in [-0.3, -0.25) is 0 Å². The van der Waals surface area contributed by atoms with Gasteiger partial charge in [-0.1, -0.05) is 13.8 Å². The van der Waals surface area contributed by atoms with E-state index in [1.807, 2.05) is 0 Å². The smallest absolute Gasteiger partial charge is 0.0220 e. The molecule has 1 N–H and O–H groups in total. The zero-order chi connectivity index (χ0) is 12.2. The molecule has 0 aromatic carbocycles. The van der Waals surface area contributed by atoms with E-state index in [0.29, 0.717) is 5.41 Å². The van der Waals surface area contributed by atoms with Gasteiger partial charge in [-0.25, -0.2) is 0 Å². The van der Waals surface area contributed by atoms with Crippen molar-refractivity contribution in [3.63, 3.8) is 0 Å². The first kappa shape index (κ1) is 13.3. The van der Waals surface area contributed by atoms with E-state index in [1.165, 1.54) is 5.56 Å². The largest absolute Gasteiger partial charge is 0.357 e. The van der Waals surface area contributed by atoms with Crippen LogP contribution < -0.4 is 5.32 Å². The van der Waals surface area contributed by atoms with Crippen LogP contribution in [0.5, 0.6) is 0 Å². The van der Waals surface area contributed by atoms with Crippen molar-refractivity contribution in [1.82, 2.24) is 14.8 Å². The molecule has 0 aliphatic rings. The Kier molecular flexibility index (Phi) is 4.56. The molecule has 3 heteroatoms. The van der Waals surface area contributed by atoms with Gasteiger partial charge in [0.1, 0.15) is 0 Å². The lowest BCUT2D eigenvalue weighted by atomic mass is 9.93. The second-order valence-electron chi connectivity index (χ2n) is 5.69. The average molecular weight is 223 g/mol. The maximum absolute atomic E-state index is 3.52. The first-order valence-electron chi connectivity index (χ1n) is 5.85. The van der Waals surface area contributed by atoms with Crippen molar-refractivity contribution in [2.45, 2.75) is 20.4 Å². The molecule has 16 heavy (non-hydrogen) atoms. The number of hydrogen-bond acceptors (Lipinski definition) is 2. The fourth-order valence-electron chi connectivity index (χ4n) is 2.12. The van der Waals surface area contributed by atoms with Crippen molar-refractivity contribution < 1.29 is 0 Å². The van der Waals surface area contributed by atoms with Crippen LogP contribution in [0, 0.1) is 5.41 Å². The predicted molar refractivity (Wildman–Crippen MR) is 69.5 cm³/mol. The van der Waals surface area contributed by atoms with Crippen molar-refractivity contribution in [3.8, 4) is 0 Å². The minimum absolute atomic E-state index is 0.318. The van der Waals surface area contributed by atoms with Gasteiger partial charge in [0, 0.05) is 39.1 Å². The fourth-order valence-corrected chi connectivity index (χ4v) is 2.12. The number of aryl methyl sites for hydroxylation is 1. The summed E-state index contributed by atoms with van der Waals surface area (Å²) in [7, 11) is 6.30.